The Balaban J connectivity index is 1.68. The maximum Gasteiger partial charge on any atom is 0.226 e. The van der Waals surface area contributed by atoms with Gasteiger partial charge in [-0.1, -0.05) is 0 Å². The van der Waals surface area contributed by atoms with E-state index in [9.17, 15) is 10.2 Å². The summed E-state index contributed by atoms with van der Waals surface area (Å²) in [5, 5.41) is 22.6. The highest BCUT2D eigenvalue weighted by atomic mass is 35.5. The third kappa shape index (κ3) is 2.65. The van der Waals surface area contributed by atoms with Crippen LogP contribution in [0.4, 0.5) is 5.82 Å². The number of halogens is 1. The molecule has 0 spiro atoms. The van der Waals surface area contributed by atoms with Crippen molar-refractivity contribution in [3.8, 4) is 0 Å². The second-order valence-electron chi connectivity index (χ2n) is 6.05. The molecule has 1 aliphatic carbocycles. The van der Waals surface area contributed by atoms with Gasteiger partial charge >= 0.3 is 0 Å². The second kappa shape index (κ2) is 5.86. The van der Waals surface area contributed by atoms with Gasteiger partial charge in [0.25, 0.3) is 0 Å². The van der Waals surface area contributed by atoms with Crippen molar-refractivity contribution >= 4 is 28.6 Å². The average Bonchev–Trinajstić information content (AvgIpc) is 3.05. The number of anilines is 1. The molecule has 2 aromatic rings. The zero-order valence-corrected chi connectivity index (χ0v) is 13.1. The summed E-state index contributed by atoms with van der Waals surface area (Å²) < 4.78 is 7.40. The van der Waals surface area contributed by atoms with Crippen LogP contribution in [-0.2, 0) is 4.74 Å². The minimum absolute atomic E-state index is 0.137. The van der Waals surface area contributed by atoms with Gasteiger partial charge in [-0.3, -0.25) is 4.57 Å². The summed E-state index contributed by atoms with van der Waals surface area (Å²) in [6, 6.07) is 0.401. The van der Waals surface area contributed by atoms with Crippen LogP contribution in [0, 0.1) is 0 Å². The Bertz CT molecular complexity index is 720. The number of rotatable bonds is 4. The van der Waals surface area contributed by atoms with Gasteiger partial charge in [-0.05, 0) is 30.9 Å². The summed E-state index contributed by atoms with van der Waals surface area (Å²) in [5.74, 6) is 0.626. The van der Waals surface area contributed by atoms with E-state index in [1.54, 1.807) is 10.9 Å². The van der Waals surface area contributed by atoms with Gasteiger partial charge < -0.3 is 20.3 Å². The van der Waals surface area contributed by atoms with Crippen LogP contribution in [0.15, 0.2) is 6.33 Å². The van der Waals surface area contributed by atoms with E-state index in [0.29, 0.717) is 29.4 Å². The van der Waals surface area contributed by atoms with Crippen molar-refractivity contribution in [2.24, 2.45) is 0 Å². The van der Waals surface area contributed by atoms with Gasteiger partial charge in [0.2, 0.25) is 5.28 Å². The van der Waals surface area contributed by atoms with E-state index < -0.39 is 18.4 Å². The quantitative estimate of drug-likeness (QED) is 0.716. The summed E-state index contributed by atoms with van der Waals surface area (Å²) in [4.78, 5) is 12.9. The molecule has 4 rings (SSSR count). The van der Waals surface area contributed by atoms with E-state index in [1.165, 1.54) is 6.42 Å². The summed E-state index contributed by atoms with van der Waals surface area (Å²) >= 11 is 6.06. The van der Waals surface area contributed by atoms with Gasteiger partial charge in [-0.25, -0.2) is 4.98 Å². The number of hydrogen-bond donors (Lipinski definition) is 3. The van der Waals surface area contributed by atoms with Crippen molar-refractivity contribution < 1.29 is 14.9 Å². The Labute approximate surface area is 137 Å². The van der Waals surface area contributed by atoms with Crippen LogP contribution in [0.2, 0.25) is 5.28 Å². The van der Waals surface area contributed by atoms with E-state index in [1.807, 2.05) is 0 Å². The fraction of sp³-hybridized carbons (Fsp3) is 0.643. The lowest BCUT2D eigenvalue weighted by molar-refractivity contribution is -0.0432. The molecule has 3 heterocycles. The average molecular weight is 340 g/mol. The first-order valence-corrected chi connectivity index (χ1v) is 8.14. The molecular weight excluding hydrogens is 322 g/mol. The van der Waals surface area contributed by atoms with Crippen LogP contribution >= 0.6 is 11.6 Å². The van der Waals surface area contributed by atoms with Crippen LogP contribution in [0.5, 0.6) is 0 Å². The van der Waals surface area contributed by atoms with E-state index in [2.05, 4.69) is 20.3 Å². The van der Waals surface area contributed by atoms with Crippen LogP contribution in [0.1, 0.15) is 31.9 Å². The summed E-state index contributed by atoms with van der Waals surface area (Å²) in [7, 11) is 0. The smallest absolute Gasteiger partial charge is 0.226 e. The Hall–Kier alpha value is -1.48. The van der Waals surface area contributed by atoms with Crippen LogP contribution in [0.25, 0.3) is 11.2 Å². The Morgan fingerprint density at radius 3 is 2.87 bits per heavy atom. The van der Waals surface area contributed by atoms with E-state index in [4.69, 9.17) is 16.3 Å². The van der Waals surface area contributed by atoms with Gasteiger partial charge in [-0.2, -0.15) is 9.97 Å². The third-order valence-corrected chi connectivity index (χ3v) is 4.70. The van der Waals surface area contributed by atoms with Crippen molar-refractivity contribution in [2.45, 2.75) is 50.2 Å². The predicted octanol–water partition coefficient (Wildman–Crippen LogP) is 1.08. The molecule has 1 saturated carbocycles. The first kappa shape index (κ1) is 15.1. The molecule has 0 bridgehead atoms. The summed E-state index contributed by atoms with van der Waals surface area (Å²) in [6.07, 6.45) is 3.66. The molecule has 3 N–H and O–H groups in total. The number of aliphatic hydroxyl groups is 2. The highest BCUT2D eigenvalue weighted by Gasteiger charge is 2.35. The Morgan fingerprint density at radius 1 is 1.39 bits per heavy atom. The maximum atomic E-state index is 9.91. The number of nitrogens with one attached hydrogen (secondary N) is 1. The number of nitrogens with zero attached hydrogens (tertiary/aromatic N) is 4. The number of aromatic nitrogens is 4. The standard InChI is InChI=1S/C14H18ClN5O3/c15-14-18-12(17-7-2-1-3-7)11-13(19-14)20(6-16-11)10-4-8(22)9(5-21)23-10/h6-10,21-22H,1-5H2,(H,17,18,19)/t8-,9+,10+/m0/s1. The van der Waals surface area contributed by atoms with Gasteiger partial charge in [0, 0.05) is 12.5 Å². The molecule has 1 saturated heterocycles. The highest BCUT2D eigenvalue weighted by molar-refractivity contribution is 6.28. The first-order valence-electron chi connectivity index (χ1n) is 7.76. The van der Waals surface area contributed by atoms with Gasteiger partial charge in [0.05, 0.1) is 19.0 Å². The van der Waals surface area contributed by atoms with Crippen molar-refractivity contribution in [1.29, 1.82) is 0 Å². The van der Waals surface area contributed by atoms with Gasteiger partial charge in [-0.15, -0.1) is 0 Å². The monoisotopic (exact) mass is 339 g/mol. The lowest BCUT2D eigenvalue weighted by Gasteiger charge is -2.26. The fourth-order valence-electron chi connectivity index (χ4n) is 3.00. The van der Waals surface area contributed by atoms with E-state index in [0.717, 1.165) is 12.8 Å². The lowest BCUT2D eigenvalue weighted by Crippen LogP contribution is -2.27. The molecule has 0 aromatic carbocycles. The topological polar surface area (TPSA) is 105 Å². The normalized spacial score (nSPS) is 28.2. The second-order valence-corrected chi connectivity index (χ2v) is 6.39. The SMILES string of the molecule is OC[C@H]1O[C@@H](n2cnc3c(NC4CCC4)nc(Cl)nc32)C[C@@H]1O. The van der Waals surface area contributed by atoms with Crippen LogP contribution in [0.3, 0.4) is 0 Å². The van der Waals surface area contributed by atoms with E-state index in [-0.39, 0.29) is 11.9 Å². The van der Waals surface area contributed by atoms with Crippen molar-refractivity contribution in [1.82, 2.24) is 19.5 Å². The zero-order valence-electron chi connectivity index (χ0n) is 12.4. The molecule has 23 heavy (non-hydrogen) atoms. The number of fused-ring (bicyclic) bond motifs is 1. The summed E-state index contributed by atoms with van der Waals surface area (Å²) in [6.45, 7) is -0.228. The Kier molecular flexibility index (Phi) is 3.84. The fourth-order valence-corrected chi connectivity index (χ4v) is 3.16. The minimum Gasteiger partial charge on any atom is -0.394 e. The van der Waals surface area contributed by atoms with Gasteiger partial charge in [0.1, 0.15) is 12.3 Å². The molecule has 2 aliphatic rings. The predicted molar refractivity (Wildman–Crippen MR) is 83.2 cm³/mol. The number of ether oxygens (including phenoxy) is 1. The molecule has 2 aromatic heterocycles. The lowest BCUT2D eigenvalue weighted by atomic mass is 9.93. The minimum atomic E-state index is -0.715. The largest absolute Gasteiger partial charge is 0.394 e. The zero-order chi connectivity index (χ0) is 16.0. The molecule has 2 fully saturated rings. The van der Waals surface area contributed by atoms with Crippen LogP contribution in [-0.4, -0.2) is 54.6 Å². The molecule has 8 nitrogen and oxygen atoms in total. The molecule has 1 aliphatic heterocycles. The summed E-state index contributed by atoms with van der Waals surface area (Å²) in [5.41, 5.74) is 1.19. The highest BCUT2D eigenvalue weighted by Crippen LogP contribution is 2.33. The molecule has 9 heteroatoms. The molecule has 0 radical (unpaired) electrons. The number of imidazole rings is 1. The van der Waals surface area contributed by atoms with E-state index >= 15 is 0 Å². The van der Waals surface area contributed by atoms with Gasteiger partial charge in [0.15, 0.2) is 17.0 Å². The van der Waals surface area contributed by atoms with Crippen molar-refractivity contribution in [3.63, 3.8) is 0 Å². The number of hydrogen-bond acceptors (Lipinski definition) is 7. The molecule has 0 amide bonds. The maximum absolute atomic E-state index is 9.91. The first-order chi connectivity index (χ1) is 11.2. The number of aliphatic hydroxyl groups excluding tert-OH is 2. The molecule has 3 atom stereocenters. The third-order valence-electron chi connectivity index (χ3n) is 4.53. The van der Waals surface area contributed by atoms with Crippen LogP contribution < -0.4 is 5.32 Å². The van der Waals surface area contributed by atoms with Crippen molar-refractivity contribution in [3.05, 3.63) is 11.6 Å². The Morgan fingerprint density at radius 2 is 2.22 bits per heavy atom. The molecular formula is C14H18ClN5O3. The van der Waals surface area contributed by atoms with Crippen molar-refractivity contribution in [2.75, 3.05) is 11.9 Å². The molecule has 124 valence electrons. The molecule has 0 unspecified atom stereocenters.